The zero-order chi connectivity index (χ0) is 29.1. The Morgan fingerprint density at radius 1 is 1.11 bits per heavy atom. The van der Waals surface area contributed by atoms with Gasteiger partial charge in [0.25, 0.3) is 0 Å². The molecule has 2 rings (SSSR count). The van der Waals surface area contributed by atoms with Gasteiger partial charge in [0.15, 0.2) is 0 Å². The average Bonchev–Trinajstić information content (AvgIpc) is 2.95. The molecule has 0 aromatic carbocycles. The normalized spacial score (nSPS) is 25.4. The van der Waals surface area contributed by atoms with Gasteiger partial charge >= 0.3 is 19.2 Å². The molecule has 12 heteroatoms. The summed E-state index contributed by atoms with van der Waals surface area (Å²) in [7, 11) is -0.373. The lowest BCUT2D eigenvalue weighted by atomic mass is 9.77. The number of unbranched alkanes of at least 4 members (excludes halogenated alkanes) is 1. The minimum Gasteiger partial charge on any atom is -0.479 e. The van der Waals surface area contributed by atoms with Crippen LogP contribution in [0, 0.1) is 0 Å². The summed E-state index contributed by atoms with van der Waals surface area (Å²) in [5.74, 6) is -1.86. The van der Waals surface area contributed by atoms with Crippen LogP contribution in [-0.4, -0.2) is 82.0 Å². The molecule has 3 atom stereocenters. The predicted molar refractivity (Wildman–Crippen MR) is 142 cm³/mol. The number of nitrogens with one attached hydrogen (secondary N) is 2. The van der Waals surface area contributed by atoms with E-state index in [1.165, 1.54) is 18.7 Å². The number of likely N-dealkylation sites (tertiary alicyclic amines) is 1. The van der Waals surface area contributed by atoms with Crippen LogP contribution in [0.15, 0.2) is 0 Å². The third-order valence-electron chi connectivity index (χ3n) is 7.64. The minimum atomic E-state index is -1.44. The molecule has 0 spiro atoms. The number of hydrogen-bond acceptors (Lipinski definition) is 7. The van der Waals surface area contributed by atoms with Gasteiger partial charge in [-0.25, -0.2) is 9.59 Å². The van der Waals surface area contributed by atoms with Crippen molar-refractivity contribution >= 4 is 31.0 Å². The number of carbonyl (C=O) groups is 4. The number of alkyl carbamates (subject to hydrolysis) is 1. The summed E-state index contributed by atoms with van der Waals surface area (Å²) in [6.45, 7) is 16.2. The quantitative estimate of drug-likeness (QED) is 0.300. The number of hydrogen-bond donors (Lipinski definition) is 3. The Morgan fingerprint density at radius 2 is 1.68 bits per heavy atom. The summed E-state index contributed by atoms with van der Waals surface area (Å²) in [6, 6.07) is -1.35. The Kier molecular flexibility index (Phi) is 9.91. The molecular formula is C26H46BN3O8. The highest BCUT2D eigenvalue weighted by molar-refractivity contribution is 6.45. The van der Waals surface area contributed by atoms with Crippen molar-refractivity contribution in [3.8, 4) is 0 Å². The van der Waals surface area contributed by atoms with Gasteiger partial charge in [0, 0.05) is 25.9 Å². The summed E-state index contributed by atoms with van der Waals surface area (Å²) in [5, 5.41) is 15.7. The van der Waals surface area contributed by atoms with Gasteiger partial charge in [-0.1, -0.05) is 12.8 Å². The van der Waals surface area contributed by atoms with Gasteiger partial charge in [-0.3, -0.25) is 9.59 Å². The third kappa shape index (κ3) is 7.85. The van der Waals surface area contributed by atoms with E-state index in [1.807, 2.05) is 27.7 Å². The van der Waals surface area contributed by atoms with Gasteiger partial charge in [-0.2, -0.15) is 0 Å². The predicted octanol–water partition coefficient (Wildman–Crippen LogP) is 3.11. The maximum Gasteiger partial charge on any atom is 0.457 e. The van der Waals surface area contributed by atoms with Crippen LogP contribution < -0.4 is 10.6 Å². The standard InChI is InChI=1S/C26H46BN3O8/c1-17(28-22(35)36-23(3,4)5)20(32)29-19-12-15-30(18(2)31)26(16-19,21(33)34)13-10-11-14-27-37-24(6,7)25(8,9)38-27/h17,19H,10-16H2,1-9H3,(H,28,35)(H,29,32)(H,33,34)/t17-,19-,26+/m0/s1. The molecule has 216 valence electrons. The Labute approximate surface area is 226 Å². The second-order valence-corrected chi connectivity index (χ2v) is 12.5. The van der Waals surface area contributed by atoms with Crippen LogP contribution in [0.1, 0.15) is 94.4 Å². The van der Waals surface area contributed by atoms with Crippen molar-refractivity contribution in [3.05, 3.63) is 0 Å². The number of carboxylic acids is 1. The first-order valence-electron chi connectivity index (χ1n) is 13.5. The minimum absolute atomic E-state index is 0.0727. The molecule has 0 bridgehead atoms. The summed E-state index contributed by atoms with van der Waals surface area (Å²) in [5.41, 5.74) is -3.02. The van der Waals surface area contributed by atoms with Gasteiger partial charge in [-0.05, 0) is 74.6 Å². The fraction of sp³-hybridized carbons (Fsp3) is 0.846. The number of amides is 3. The van der Waals surface area contributed by atoms with E-state index >= 15 is 0 Å². The number of nitrogens with zero attached hydrogens (tertiary/aromatic N) is 1. The van der Waals surface area contributed by atoms with Crippen molar-refractivity contribution in [1.82, 2.24) is 15.5 Å². The number of rotatable bonds is 9. The van der Waals surface area contributed by atoms with Crippen molar-refractivity contribution in [2.45, 2.75) is 135 Å². The van der Waals surface area contributed by atoms with Gasteiger partial charge in [-0.15, -0.1) is 0 Å². The lowest BCUT2D eigenvalue weighted by molar-refractivity contribution is -0.163. The van der Waals surface area contributed by atoms with Crippen molar-refractivity contribution in [2.75, 3.05) is 6.54 Å². The van der Waals surface area contributed by atoms with Crippen molar-refractivity contribution in [2.24, 2.45) is 0 Å². The SMILES string of the molecule is CC(=O)N1CC[C@H](NC(=O)[C@H](C)NC(=O)OC(C)(C)C)C[C@]1(CCCCB1OC(C)(C)C(C)(C)O1)C(=O)O. The van der Waals surface area contributed by atoms with Gasteiger partial charge in [0.05, 0.1) is 11.2 Å². The largest absolute Gasteiger partial charge is 0.479 e. The molecule has 38 heavy (non-hydrogen) atoms. The fourth-order valence-corrected chi connectivity index (χ4v) is 4.94. The van der Waals surface area contributed by atoms with Crippen LogP contribution in [-0.2, 0) is 28.4 Å². The van der Waals surface area contributed by atoms with E-state index in [4.69, 9.17) is 14.0 Å². The Bertz CT molecular complexity index is 887. The highest BCUT2D eigenvalue weighted by atomic mass is 16.7. The van der Waals surface area contributed by atoms with E-state index in [-0.39, 0.29) is 32.4 Å². The third-order valence-corrected chi connectivity index (χ3v) is 7.64. The van der Waals surface area contributed by atoms with Crippen LogP contribution in [0.3, 0.4) is 0 Å². The molecule has 2 fully saturated rings. The molecular weight excluding hydrogens is 493 g/mol. The van der Waals surface area contributed by atoms with Gasteiger partial charge in [0.2, 0.25) is 11.8 Å². The fourth-order valence-electron chi connectivity index (χ4n) is 4.94. The molecule has 0 radical (unpaired) electrons. The summed E-state index contributed by atoms with van der Waals surface area (Å²) in [4.78, 5) is 51.3. The molecule has 3 amide bonds. The number of aliphatic carboxylic acids is 1. The monoisotopic (exact) mass is 539 g/mol. The molecule has 2 saturated heterocycles. The van der Waals surface area contributed by atoms with E-state index < -0.39 is 52.4 Å². The van der Waals surface area contributed by atoms with Gasteiger partial charge < -0.3 is 34.7 Å². The zero-order valence-corrected chi connectivity index (χ0v) is 24.4. The number of carbonyl (C=O) groups excluding carboxylic acids is 3. The molecule has 3 N–H and O–H groups in total. The molecule has 0 aliphatic carbocycles. The second kappa shape index (κ2) is 11.8. The number of piperidine rings is 1. The van der Waals surface area contributed by atoms with Crippen LogP contribution >= 0.6 is 0 Å². The number of ether oxygens (including phenoxy) is 1. The smallest absolute Gasteiger partial charge is 0.457 e. The average molecular weight is 539 g/mol. The first-order valence-corrected chi connectivity index (χ1v) is 13.5. The first kappa shape index (κ1) is 31.9. The van der Waals surface area contributed by atoms with Crippen LogP contribution in [0.25, 0.3) is 0 Å². The molecule has 2 aliphatic rings. The van der Waals surface area contributed by atoms with Crippen LogP contribution in [0.2, 0.25) is 6.32 Å². The lowest BCUT2D eigenvalue weighted by Gasteiger charge is -2.47. The second-order valence-electron chi connectivity index (χ2n) is 12.5. The molecule has 2 aliphatic heterocycles. The van der Waals surface area contributed by atoms with E-state index in [0.29, 0.717) is 25.6 Å². The maximum absolute atomic E-state index is 12.8. The maximum atomic E-state index is 12.8. The zero-order valence-electron chi connectivity index (χ0n) is 24.4. The Morgan fingerprint density at radius 3 is 2.18 bits per heavy atom. The summed E-state index contributed by atoms with van der Waals surface area (Å²) >= 11 is 0. The molecule has 0 unspecified atom stereocenters. The highest BCUT2D eigenvalue weighted by Gasteiger charge is 2.52. The molecule has 0 saturated carbocycles. The lowest BCUT2D eigenvalue weighted by Crippen LogP contribution is -2.64. The van der Waals surface area contributed by atoms with Crippen LogP contribution in [0.4, 0.5) is 4.79 Å². The van der Waals surface area contributed by atoms with E-state index in [0.717, 1.165) is 0 Å². The molecule has 0 aromatic rings. The first-order chi connectivity index (χ1) is 17.3. The summed E-state index contributed by atoms with van der Waals surface area (Å²) in [6.07, 6.45) is 1.81. The summed E-state index contributed by atoms with van der Waals surface area (Å²) < 4.78 is 17.3. The van der Waals surface area contributed by atoms with Crippen molar-refractivity contribution in [1.29, 1.82) is 0 Å². The highest BCUT2D eigenvalue weighted by Crippen LogP contribution is 2.39. The molecule has 2 heterocycles. The Hall–Kier alpha value is -2.34. The topological polar surface area (TPSA) is 144 Å². The Balaban J connectivity index is 2.02. The molecule has 0 aromatic heterocycles. The van der Waals surface area contributed by atoms with Gasteiger partial charge in [0.1, 0.15) is 17.2 Å². The number of carboxylic acid groups (broad SMARTS) is 1. The van der Waals surface area contributed by atoms with E-state index in [2.05, 4.69) is 10.6 Å². The molecule has 11 nitrogen and oxygen atoms in total. The van der Waals surface area contributed by atoms with E-state index in [1.54, 1.807) is 20.8 Å². The van der Waals surface area contributed by atoms with Crippen molar-refractivity contribution < 1.29 is 38.3 Å². The van der Waals surface area contributed by atoms with E-state index in [9.17, 15) is 24.3 Å². The van der Waals surface area contributed by atoms with Crippen molar-refractivity contribution in [3.63, 3.8) is 0 Å². The van der Waals surface area contributed by atoms with Crippen LogP contribution in [0.5, 0.6) is 0 Å².